The number of pyridine rings is 2. The van der Waals surface area contributed by atoms with Crippen molar-refractivity contribution < 1.29 is 13.9 Å². The number of nitrogens with zero attached hydrogens (tertiary/aromatic N) is 3. The molecule has 0 saturated heterocycles. The maximum absolute atomic E-state index is 14.0. The second kappa shape index (κ2) is 10.9. The fourth-order valence-corrected chi connectivity index (χ4v) is 3.87. The molecule has 3 aromatic heterocycles. The lowest BCUT2D eigenvalue weighted by atomic mass is 9.93. The highest BCUT2D eigenvalue weighted by molar-refractivity contribution is 5.95. The number of ether oxygens (including phenoxy) is 1. The van der Waals surface area contributed by atoms with Crippen molar-refractivity contribution in [2.24, 2.45) is 0 Å². The third-order valence-corrected chi connectivity index (χ3v) is 5.69. The average molecular weight is 476 g/mol. The molecule has 8 nitrogen and oxygen atoms in total. The first-order chi connectivity index (χ1) is 17.0. The molecule has 0 radical (unpaired) electrons. The van der Waals surface area contributed by atoms with Crippen LogP contribution in [0, 0.1) is 12.7 Å². The molecular weight excluding hydrogens is 449 g/mol. The Bertz CT molecular complexity index is 1360. The van der Waals surface area contributed by atoms with Crippen molar-refractivity contribution in [1.82, 2.24) is 25.1 Å². The third kappa shape index (κ3) is 5.70. The lowest BCUT2D eigenvalue weighted by Gasteiger charge is -2.17. The fourth-order valence-electron chi connectivity index (χ4n) is 3.87. The second-order valence-corrected chi connectivity index (χ2v) is 8.16. The minimum absolute atomic E-state index is 0.0422. The van der Waals surface area contributed by atoms with Crippen LogP contribution in [-0.2, 0) is 17.8 Å². The summed E-state index contributed by atoms with van der Waals surface area (Å²) in [6, 6.07) is 15.7. The van der Waals surface area contributed by atoms with Gasteiger partial charge in [-0.1, -0.05) is 30.3 Å². The average Bonchev–Trinajstić information content (AvgIpc) is 3.35. The van der Waals surface area contributed by atoms with Gasteiger partial charge in [-0.05, 0) is 36.2 Å². The Labute approximate surface area is 201 Å². The number of nitrogens with one attached hydrogen (secondary N) is 2. The van der Waals surface area contributed by atoms with Crippen LogP contribution in [0.25, 0.3) is 0 Å². The number of aryl methyl sites for hydroxylation is 1. The van der Waals surface area contributed by atoms with E-state index in [1.807, 2.05) is 30.3 Å². The number of halogens is 1. The summed E-state index contributed by atoms with van der Waals surface area (Å²) in [5.74, 6) is -1.18. The van der Waals surface area contributed by atoms with Gasteiger partial charge in [-0.15, -0.1) is 0 Å². The number of hydrogen-bond donors (Lipinski definition) is 2. The molecule has 1 aromatic carbocycles. The number of aromatic nitrogens is 4. The van der Waals surface area contributed by atoms with E-state index in [1.54, 1.807) is 36.9 Å². The minimum Gasteiger partial charge on any atom is -0.384 e. The number of carbonyl (C=O) groups excluding carboxylic acids is 1. The summed E-state index contributed by atoms with van der Waals surface area (Å²) in [5, 5.41) is 9.81. The molecule has 1 unspecified atom stereocenters. The Kier molecular flexibility index (Phi) is 7.47. The van der Waals surface area contributed by atoms with E-state index in [-0.39, 0.29) is 23.7 Å². The van der Waals surface area contributed by atoms with Crippen molar-refractivity contribution in [3.8, 4) is 0 Å². The fraction of sp³-hybridized carbons (Fsp3) is 0.231. The highest BCUT2D eigenvalue weighted by Crippen LogP contribution is 2.27. The molecule has 1 amide bonds. The maximum atomic E-state index is 14.0. The SMILES string of the molecule is COCC(c1ccc(Cn2ccccc2=O)cc1)c1n[nH]cc1C(=O)NCc1nc(C)ccc1F. The molecule has 4 aromatic rings. The van der Waals surface area contributed by atoms with Crippen LogP contribution < -0.4 is 10.9 Å². The number of amides is 1. The minimum atomic E-state index is -0.474. The Hall–Kier alpha value is -4.11. The molecule has 3 heterocycles. The van der Waals surface area contributed by atoms with Crippen molar-refractivity contribution in [2.75, 3.05) is 13.7 Å². The normalized spacial score (nSPS) is 11.9. The van der Waals surface area contributed by atoms with Gasteiger partial charge >= 0.3 is 0 Å². The van der Waals surface area contributed by atoms with Gasteiger partial charge in [0, 0.05) is 31.3 Å². The predicted octanol–water partition coefficient (Wildman–Crippen LogP) is 3.17. The van der Waals surface area contributed by atoms with Crippen LogP contribution in [0.1, 0.15) is 44.5 Å². The van der Waals surface area contributed by atoms with Crippen LogP contribution in [0.2, 0.25) is 0 Å². The Morgan fingerprint density at radius 1 is 1.17 bits per heavy atom. The quantitative estimate of drug-likeness (QED) is 0.387. The summed E-state index contributed by atoms with van der Waals surface area (Å²) in [5.41, 5.74) is 3.51. The Morgan fingerprint density at radius 2 is 1.97 bits per heavy atom. The van der Waals surface area contributed by atoms with Crippen molar-refractivity contribution in [3.05, 3.63) is 117 Å². The van der Waals surface area contributed by atoms with Gasteiger partial charge < -0.3 is 14.6 Å². The van der Waals surface area contributed by atoms with E-state index in [2.05, 4.69) is 20.5 Å². The van der Waals surface area contributed by atoms with E-state index in [0.717, 1.165) is 11.1 Å². The number of benzene rings is 1. The molecule has 0 aliphatic carbocycles. The third-order valence-electron chi connectivity index (χ3n) is 5.69. The first-order valence-corrected chi connectivity index (χ1v) is 11.1. The van der Waals surface area contributed by atoms with Crippen LogP contribution in [0.3, 0.4) is 0 Å². The first kappa shape index (κ1) is 24.0. The van der Waals surface area contributed by atoms with Gasteiger partial charge in [0.2, 0.25) is 0 Å². The van der Waals surface area contributed by atoms with Crippen molar-refractivity contribution in [2.45, 2.75) is 25.9 Å². The largest absolute Gasteiger partial charge is 0.384 e. The molecule has 0 spiro atoms. The molecule has 0 saturated carbocycles. The summed E-state index contributed by atoms with van der Waals surface area (Å²) in [6.07, 6.45) is 3.26. The molecule has 4 rings (SSSR count). The molecule has 0 fully saturated rings. The molecule has 2 N–H and O–H groups in total. The molecule has 1 atom stereocenters. The summed E-state index contributed by atoms with van der Waals surface area (Å²) in [4.78, 5) is 29.1. The zero-order valence-corrected chi connectivity index (χ0v) is 19.5. The predicted molar refractivity (Wildman–Crippen MR) is 129 cm³/mol. The monoisotopic (exact) mass is 475 g/mol. The maximum Gasteiger partial charge on any atom is 0.255 e. The van der Waals surface area contributed by atoms with E-state index < -0.39 is 11.7 Å². The number of carbonyl (C=O) groups is 1. The van der Waals surface area contributed by atoms with Crippen molar-refractivity contribution >= 4 is 5.91 Å². The highest BCUT2D eigenvalue weighted by Gasteiger charge is 2.24. The van der Waals surface area contributed by atoms with Gasteiger partial charge in [0.25, 0.3) is 11.5 Å². The number of hydrogen-bond acceptors (Lipinski definition) is 5. The van der Waals surface area contributed by atoms with E-state index >= 15 is 0 Å². The number of methoxy groups -OCH3 is 1. The van der Waals surface area contributed by atoms with Crippen LogP contribution >= 0.6 is 0 Å². The molecule has 35 heavy (non-hydrogen) atoms. The van der Waals surface area contributed by atoms with Crippen LogP contribution in [0.5, 0.6) is 0 Å². The Morgan fingerprint density at radius 3 is 2.71 bits per heavy atom. The molecule has 9 heteroatoms. The lowest BCUT2D eigenvalue weighted by molar-refractivity contribution is 0.0948. The first-order valence-electron chi connectivity index (χ1n) is 11.1. The van der Waals surface area contributed by atoms with Gasteiger partial charge in [0.1, 0.15) is 5.82 Å². The van der Waals surface area contributed by atoms with Gasteiger partial charge in [0.15, 0.2) is 0 Å². The molecular formula is C26H26FN5O3. The van der Waals surface area contributed by atoms with Gasteiger partial charge in [-0.3, -0.25) is 19.7 Å². The summed E-state index contributed by atoms with van der Waals surface area (Å²) in [7, 11) is 1.59. The van der Waals surface area contributed by atoms with Crippen LogP contribution in [0.4, 0.5) is 4.39 Å². The Balaban J connectivity index is 1.52. The lowest BCUT2D eigenvalue weighted by Crippen LogP contribution is -2.26. The van der Waals surface area contributed by atoms with E-state index in [1.165, 1.54) is 18.3 Å². The smallest absolute Gasteiger partial charge is 0.255 e. The van der Waals surface area contributed by atoms with E-state index in [9.17, 15) is 14.0 Å². The summed E-state index contributed by atoms with van der Waals surface area (Å²) in [6.45, 7) is 2.47. The number of aromatic amines is 1. The van der Waals surface area contributed by atoms with Crippen molar-refractivity contribution in [1.29, 1.82) is 0 Å². The molecule has 0 aliphatic rings. The van der Waals surface area contributed by atoms with Gasteiger partial charge in [-0.25, -0.2) is 4.39 Å². The second-order valence-electron chi connectivity index (χ2n) is 8.16. The molecule has 0 aliphatic heterocycles. The highest BCUT2D eigenvalue weighted by atomic mass is 19.1. The standard InChI is InChI=1S/C26H26FN5O3/c1-17-6-11-22(27)23(30-17)14-28-26(34)20-13-29-31-25(20)21(16-35-2)19-9-7-18(8-10-19)15-32-12-4-3-5-24(32)33/h3-13,21H,14-16H2,1-2H3,(H,28,34)(H,29,31). The van der Waals surface area contributed by atoms with Crippen LogP contribution in [-0.4, -0.2) is 39.4 Å². The van der Waals surface area contributed by atoms with Gasteiger partial charge in [0.05, 0.1) is 42.6 Å². The zero-order chi connectivity index (χ0) is 24.8. The molecule has 180 valence electrons. The number of rotatable bonds is 9. The van der Waals surface area contributed by atoms with Gasteiger partial charge in [-0.2, -0.15) is 5.10 Å². The van der Waals surface area contributed by atoms with Crippen LogP contribution in [0.15, 0.2) is 71.8 Å². The number of H-pyrrole nitrogens is 1. The van der Waals surface area contributed by atoms with E-state index in [4.69, 9.17) is 4.74 Å². The topological polar surface area (TPSA) is 102 Å². The van der Waals surface area contributed by atoms with Crippen molar-refractivity contribution in [3.63, 3.8) is 0 Å². The summed E-state index contributed by atoms with van der Waals surface area (Å²) < 4.78 is 21.1. The van der Waals surface area contributed by atoms with E-state index in [0.29, 0.717) is 30.1 Å². The zero-order valence-electron chi connectivity index (χ0n) is 19.5. The molecule has 0 bridgehead atoms. The summed E-state index contributed by atoms with van der Waals surface area (Å²) >= 11 is 0.